The molecule has 6 heteroatoms. The number of benzene rings is 2. The molecule has 0 aliphatic carbocycles. The number of aryl methyl sites for hydroxylation is 1. The van der Waals surface area contributed by atoms with Gasteiger partial charge in [-0.2, -0.15) is 0 Å². The van der Waals surface area contributed by atoms with Crippen molar-refractivity contribution in [1.29, 1.82) is 0 Å². The number of methoxy groups -OCH3 is 1. The number of rotatable bonds is 15. The zero-order valence-corrected chi connectivity index (χ0v) is 22.4. The molecule has 0 unspecified atom stereocenters. The molecule has 0 heterocycles. The van der Waals surface area contributed by atoms with Gasteiger partial charge in [-0.05, 0) is 29.9 Å². The first-order valence-corrected chi connectivity index (χ1v) is 12.9. The van der Waals surface area contributed by atoms with Crippen molar-refractivity contribution >= 4 is 20.9 Å². The van der Waals surface area contributed by atoms with E-state index >= 15 is 0 Å². The van der Waals surface area contributed by atoms with Crippen LogP contribution in [0.15, 0.2) is 35.2 Å². The van der Waals surface area contributed by atoms with E-state index in [1.165, 1.54) is 64.9 Å². The normalized spacial score (nSPS) is 11.5. The van der Waals surface area contributed by atoms with Crippen LogP contribution in [-0.4, -0.2) is 20.1 Å². The van der Waals surface area contributed by atoms with Gasteiger partial charge in [0.1, 0.15) is 20.8 Å². The van der Waals surface area contributed by atoms with E-state index in [0.29, 0.717) is 17.4 Å². The van der Waals surface area contributed by atoms with Crippen LogP contribution < -0.4 is 34.3 Å². The third kappa shape index (κ3) is 9.43. The Balaban J connectivity index is 0.00000480. The van der Waals surface area contributed by atoms with Crippen LogP contribution in [0.2, 0.25) is 0 Å². The predicted molar refractivity (Wildman–Crippen MR) is 123 cm³/mol. The second kappa shape index (κ2) is 15.3. The van der Waals surface area contributed by atoms with Gasteiger partial charge in [0, 0.05) is 5.39 Å². The van der Waals surface area contributed by atoms with Crippen LogP contribution in [0.1, 0.15) is 89.5 Å². The second-order valence-corrected chi connectivity index (χ2v) is 9.53. The second-order valence-electron chi connectivity index (χ2n) is 8.21. The molecule has 2 rings (SSSR count). The molecule has 2 aromatic rings. The van der Waals surface area contributed by atoms with Gasteiger partial charge in [-0.1, -0.05) is 102 Å². The van der Waals surface area contributed by atoms with E-state index < -0.39 is 10.1 Å². The molecular weight excluding hydrogens is 419 g/mol. The Kier molecular flexibility index (Phi) is 14.0. The molecule has 0 atom stereocenters. The summed E-state index contributed by atoms with van der Waals surface area (Å²) in [6.07, 6.45) is 15.6. The molecule has 0 saturated heterocycles. The van der Waals surface area contributed by atoms with Crippen LogP contribution in [0.5, 0.6) is 5.75 Å². The number of hydrogen-bond acceptors (Lipinski definition) is 4. The maximum Gasteiger partial charge on any atom is 1.00 e. The molecule has 0 aromatic heterocycles. The summed E-state index contributed by atoms with van der Waals surface area (Å²) < 4.78 is 41.2. The number of ether oxygens (including phenoxy) is 1. The van der Waals surface area contributed by atoms with E-state index in [9.17, 15) is 13.0 Å². The molecular formula is C25H37NaO4S. The molecule has 2 aromatic carbocycles. The van der Waals surface area contributed by atoms with Gasteiger partial charge in [0.05, 0.1) is 7.11 Å². The fourth-order valence-electron chi connectivity index (χ4n) is 4.17. The number of hydrogen-bond donors (Lipinski definition) is 0. The molecule has 0 spiro atoms. The molecule has 168 valence electrons. The van der Waals surface area contributed by atoms with Crippen molar-refractivity contribution in [2.24, 2.45) is 0 Å². The van der Waals surface area contributed by atoms with Gasteiger partial charge in [0.25, 0.3) is 0 Å². The van der Waals surface area contributed by atoms with Crippen molar-refractivity contribution in [1.82, 2.24) is 0 Å². The van der Waals surface area contributed by atoms with E-state index in [2.05, 4.69) is 6.92 Å². The maximum atomic E-state index is 12.0. The van der Waals surface area contributed by atoms with Crippen molar-refractivity contribution in [2.75, 3.05) is 7.11 Å². The smallest absolute Gasteiger partial charge is 0.744 e. The Hall–Kier alpha value is -0.590. The van der Waals surface area contributed by atoms with Crippen LogP contribution in [0.3, 0.4) is 0 Å². The van der Waals surface area contributed by atoms with Gasteiger partial charge in [-0.25, -0.2) is 8.42 Å². The monoisotopic (exact) mass is 456 g/mol. The first-order chi connectivity index (χ1) is 14.5. The fraction of sp³-hybridized carbons (Fsp3) is 0.600. The molecule has 0 radical (unpaired) electrons. The van der Waals surface area contributed by atoms with Gasteiger partial charge in [0.2, 0.25) is 0 Å². The summed E-state index contributed by atoms with van der Waals surface area (Å²) in [4.78, 5) is -0.188. The molecule has 0 aliphatic rings. The van der Waals surface area contributed by atoms with E-state index in [1.807, 2.05) is 24.3 Å². The zero-order chi connectivity index (χ0) is 21.8. The minimum Gasteiger partial charge on any atom is -0.744 e. The van der Waals surface area contributed by atoms with Crippen LogP contribution >= 0.6 is 0 Å². The van der Waals surface area contributed by atoms with E-state index in [-0.39, 0.29) is 40.2 Å². The summed E-state index contributed by atoms with van der Waals surface area (Å²) in [5.41, 5.74) is 0.577. The van der Waals surface area contributed by atoms with Gasteiger partial charge < -0.3 is 9.29 Å². The summed E-state index contributed by atoms with van der Waals surface area (Å²) >= 11 is 0. The molecule has 0 amide bonds. The standard InChI is InChI=1S/C25H38O4S.Na/c1-3-4-5-6-7-8-9-10-11-12-13-14-18-22-20-21-17-15-16-19-23(21)24(29-2)25(22)30(26,27)28;/h15-17,19-20H,3-14,18H2,1-2H3,(H,26,27,28);/q;+1/p-1. The van der Waals surface area contributed by atoms with E-state index in [4.69, 9.17) is 4.74 Å². The van der Waals surface area contributed by atoms with Gasteiger partial charge in [-0.3, -0.25) is 0 Å². The van der Waals surface area contributed by atoms with Crippen molar-refractivity contribution in [3.8, 4) is 5.75 Å². The Morgan fingerprint density at radius 1 is 0.839 bits per heavy atom. The van der Waals surface area contributed by atoms with Crippen molar-refractivity contribution < 1.29 is 47.3 Å². The van der Waals surface area contributed by atoms with Crippen molar-refractivity contribution in [3.63, 3.8) is 0 Å². The Bertz CT molecular complexity index is 880. The Morgan fingerprint density at radius 2 is 1.35 bits per heavy atom. The molecule has 0 N–H and O–H groups in total. The number of fused-ring (bicyclic) bond motifs is 1. The average molecular weight is 457 g/mol. The van der Waals surface area contributed by atoms with E-state index in [0.717, 1.165) is 24.6 Å². The first-order valence-electron chi connectivity index (χ1n) is 11.5. The molecule has 0 bridgehead atoms. The molecule has 31 heavy (non-hydrogen) atoms. The summed E-state index contributed by atoms with van der Waals surface area (Å²) in [7, 11) is -3.19. The van der Waals surface area contributed by atoms with Crippen LogP contribution in [0.4, 0.5) is 0 Å². The van der Waals surface area contributed by atoms with Crippen molar-refractivity contribution in [3.05, 3.63) is 35.9 Å². The maximum absolute atomic E-state index is 12.0. The van der Waals surface area contributed by atoms with Gasteiger partial charge in [0.15, 0.2) is 0 Å². The average Bonchev–Trinajstić information content (AvgIpc) is 2.72. The molecule has 0 aliphatic heterocycles. The first kappa shape index (κ1) is 28.4. The van der Waals surface area contributed by atoms with Gasteiger partial charge in [-0.15, -0.1) is 0 Å². The fourth-order valence-corrected chi connectivity index (χ4v) is 5.07. The number of unbranched alkanes of at least 4 members (excludes halogenated alkanes) is 11. The third-order valence-electron chi connectivity index (χ3n) is 5.79. The van der Waals surface area contributed by atoms with Crippen LogP contribution in [0, 0.1) is 0 Å². The Labute approximate surface area is 211 Å². The molecule has 0 saturated carbocycles. The van der Waals surface area contributed by atoms with Crippen LogP contribution in [0.25, 0.3) is 10.8 Å². The van der Waals surface area contributed by atoms with E-state index in [1.54, 1.807) is 6.07 Å². The summed E-state index contributed by atoms with van der Waals surface area (Å²) in [6, 6.07) is 9.26. The predicted octanol–water partition coefficient (Wildman–Crippen LogP) is 4.00. The summed E-state index contributed by atoms with van der Waals surface area (Å²) in [5, 5.41) is 1.56. The third-order valence-corrected chi connectivity index (χ3v) is 6.73. The van der Waals surface area contributed by atoms with Crippen LogP contribution in [-0.2, 0) is 16.5 Å². The minimum absolute atomic E-state index is 0. The minimum atomic E-state index is -4.61. The molecule has 4 nitrogen and oxygen atoms in total. The largest absolute Gasteiger partial charge is 1.00 e. The van der Waals surface area contributed by atoms with Gasteiger partial charge >= 0.3 is 29.6 Å². The zero-order valence-electron chi connectivity index (χ0n) is 19.6. The summed E-state index contributed by atoms with van der Waals surface area (Å²) in [6.45, 7) is 2.25. The molecule has 0 fully saturated rings. The quantitative estimate of drug-likeness (QED) is 0.231. The Morgan fingerprint density at radius 3 is 1.87 bits per heavy atom. The van der Waals surface area contributed by atoms with Crippen molar-refractivity contribution in [2.45, 2.75) is 95.3 Å². The SMILES string of the molecule is CCCCCCCCCCCCCCc1cc2ccccc2c(OC)c1S(=O)(=O)[O-].[Na+]. The topological polar surface area (TPSA) is 66.4 Å². The summed E-state index contributed by atoms with van der Waals surface area (Å²) in [5.74, 6) is 0.178.